The highest BCUT2D eigenvalue weighted by Crippen LogP contribution is 2.29. The first-order valence-electron chi connectivity index (χ1n) is 5.32. The van der Waals surface area contributed by atoms with E-state index < -0.39 is 11.5 Å². The number of carboxylic acid groups (broad SMARTS) is 1. The van der Waals surface area contributed by atoms with Gasteiger partial charge in [0, 0.05) is 6.42 Å². The van der Waals surface area contributed by atoms with Crippen LogP contribution in [0.15, 0.2) is 18.2 Å². The largest absolute Gasteiger partial charge is 0.569 e. The van der Waals surface area contributed by atoms with Crippen molar-refractivity contribution in [2.75, 3.05) is 0 Å². The van der Waals surface area contributed by atoms with E-state index in [1.54, 1.807) is 18.2 Å². The highest BCUT2D eigenvalue weighted by atomic mass is 16.5. The Morgan fingerprint density at radius 3 is 2.88 bits per heavy atom. The number of hydrogen-bond acceptors (Lipinski definition) is 4. The van der Waals surface area contributed by atoms with Crippen molar-refractivity contribution in [1.82, 2.24) is 0 Å². The van der Waals surface area contributed by atoms with Crippen molar-refractivity contribution < 1.29 is 19.6 Å². The van der Waals surface area contributed by atoms with Crippen LogP contribution < -0.4 is 10.4 Å². The molecule has 0 fully saturated rings. The normalized spacial score (nSPS) is 22.7. The van der Waals surface area contributed by atoms with Crippen molar-refractivity contribution in [2.24, 2.45) is 5.73 Å². The monoisotopic (exact) mass is 234 g/mol. The maximum absolute atomic E-state index is 11.1. The van der Waals surface area contributed by atoms with Gasteiger partial charge in [0.25, 0.3) is 0 Å². The number of nitrogens with two attached hydrogens (primary N) is 1. The average Bonchev–Trinajstić information content (AvgIpc) is 2.30. The highest BCUT2D eigenvalue weighted by molar-refractivity contribution is 6.17. The van der Waals surface area contributed by atoms with Crippen LogP contribution in [0.1, 0.15) is 17.5 Å². The summed E-state index contributed by atoms with van der Waals surface area (Å²) in [5, 5.41) is 17.6. The van der Waals surface area contributed by atoms with Crippen LogP contribution in [-0.4, -0.2) is 29.3 Å². The minimum Gasteiger partial charge on any atom is -0.537 e. The van der Waals surface area contributed by atoms with E-state index in [0.717, 1.165) is 11.1 Å². The predicted molar refractivity (Wildman–Crippen MR) is 61.6 cm³/mol. The molecule has 6 heteroatoms. The van der Waals surface area contributed by atoms with Gasteiger partial charge in [-0.3, -0.25) is 4.79 Å². The smallest absolute Gasteiger partial charge is 0.537 e. The first-order chi connectivity index (χ1) is 8.05. The molecule has 4 N–H and O–H groups in total. The fourth-order valence-electron chi connectivity index (χ4n) is 2.11. The van der Waals surface area contributed by atoms with Crippen LogP contribution in [0.25, 0.3) is 0 Å². The lowest BCUT2D eigenvalue weighted by molar-refractivity contribution is -0.143. The summed E-state index contributed by atoms with van der Waals surface area (Å²) in [6.07, 6.45) is 1.32. The molecule has 0 saturated carbocycles. The molecule has 2 rings (SSSR count). The summed E-state index contributed by atoms with van der Waals surface area (Å²) in [5.41, 5.74) is 6.61. The lowest BCUT2D eigenvalue weighted by Crippen LogP contribution is -2.52. The molecule has 0 spiro atoms. The van der Waals surface area contributed by atoms with Crippen LogP contribution in [-0.2, 0) is 17.6 Å². The molecule has 1 aliphatic carbocycles. The Hall–Kier alpha value is -1.53. The van der Waals surface area contributed by atoms with Crippen LogP contribution in [0, 0.1) is 0 Å². The molecule has 89 valence electrons. The number of aliphatic carboxylic acids is 1. The minimum atomic E-state index is -1.17. The standard InChI is InChI=1S/C11H13BNO4/c13-11(10(14)15)4-3-7-5-9(17-12-16)2-1-8(7)6-11/h1-2,5,16H,3-4,6,13H2,(H,14,15). The number of aryl methyl sites for hydroxylation is 1. The topological polar surface area (TPSA) is 92.8 Å². The highest BCUT2D eigenvalue weighted by Gasteiger charge is 2.37. The Morgan fingerprint density at radius 2 is 2.24 bits per heavy atom. The zero-order valence-electron chi connectivity index (χ0n) is 9.22. The molecule has 17 heavy (non-hydrogen) atoms. The third kappa shape index (κ3) is 2.27. The fraction of sp³-hybridized carbons (Fsp3) is 0.364. The van der Waals surface area contributed by atoms with E-state index in [-0.39, 0.29) is 0 Å². The maximum atomic E-state index is 11.1. The Morgan fingerprint density at radius 1 is 1.47 bits per heavy atom. The maximum Gasteiger partial charge on any atom is 0.569 e. The van der Waals surface area contributed by atoms with Gasteiger partial charge >= 0.3 is 13.7 Å². The van der Waals surface area contributed by atoms with Crippen molar-refractivity contribution in [3.8, 4) is 5.75 Å². The van der Waals surface area contributed by atoms with E-state index in [1.165, 1.54) is 0 Å². The molecule has 0 bridgehead atoms. The molecular formula is C11H13BNO4. The SMILES string of the molecule is NC1(C(=O)O)CCc2cc(O[B]O)ccc2C1. The number of benzene rings is 1. The summed E-state index contributed by atoms with van der Waals surface area (Å²) in [7, 11) is 0.620. The van der Waals surface area contributed by atoms with Gasteiger partial charge in [0.1, 0.15) is 11.3 Å². The Labute approximate surface area is 99.5 Å². The Kier molecular flexibility index (Phi) is 3.08. The lowest BCUT2D eigenvalue weighted by atomic mass is 9.78. The van der Waals surface area contributed by atoms with Crippen LogP contribution in [0.2, 0.25) is 0 Å². The minimum absolute atomic E-state index is 0.320. The van der Waals surface area contributed by atoms with Crippen molar-refractivity contribution in [2.45, 2.75) is 24.8 Å². The van der Waals surface area contributed by atoms with Crippen LogP contribution in [0.3, 0.4) is 0 Å². The van der Waals surface area contributed by atoms with Gasteiger partial charge in [-0.2, -0.15) is 0 Å². The van der Waals surface area contributed by atoms with Gasteiger partial charge in [-0.15, -0.1) is 0 Å². The summed E-state index contributed by atoms with van der Waals surface area (Å²) < 4.78 is 4.85. The predicted octanol–water partition coefficient (Wildman–Crippen LogP) is -0.137. The number of carbonyl (C=O) groups is 1. The molecule has 5 nitrogen and oxygen atoms in total. The van der Waals surface area contributed by atoms with Gasteiger partial charge in [0.05, 0.1) is 0 Å². The third-order valence-electron chi connectivity index (χ3n) is 3.14. The number of carboxylic acids is 1. The molecule has 1 radical (unpaired) electrons. The Balaban J connectivity index is 2.26. The molecule has 0 aliphatic heterocycles. The first kappa shape index (κ1) is 11.9. The molecule has 0 amide bonds. The summed E-state index contributed by atoms with van der Waals surface area (Å²) in [6.45, 7) is 0. The quantitative estimate of drug-likeness (QED) is 0.633. The van der Waals surface area contributed by atoms with Gasteiger partial charge in [0.2, 0.25) is 0 Å². The van der Waals surface area contributed by atoms with Crippen molar-refractivity contribution in [1.29, 1.82) is 0 Å². The molecule has 1 aromatic carbocycles. The molecule has 0 saturated heterocycles. The molecule has 0 aromatic heterocycles. The van der Waals surface area contributed by atoms with Gasteiger partial charge < -0.3 is 20.5 Å². The van der Waals surface area contributed by atoms with E-state index in [1.807, 2.05) is 0 Å². The average molecular weight is 234 g/mol. The second-order valence-corrected chi connectivity index (χ2v) is 4.29. The molecule has 1 aliphatic rings. The van der Waals surface area contributed by atoms with Crippen molar-refractivity contribution >= 4 is 13.7 Å². The van der Waals surface area contributed by atoms with Gasteiger partial charge in [-0.05, 0) is 36.1 Å². The van der Waals surface area contributed by atoms with E-state index in [4.69, 9.17) is 20.5 Å². The first-order valence-corrected chi connectivity index (χ1v) is 5.32. The number of hydrogen-bond donors (Lipinski definition) is 3. The zero-order valence-corrected chi connectivity index (χ0v) is 9.22. The fourth-order valence-corrected chi connectivity index (χ4v) is 2.11. The second kappa shape index (κ2) is 4.39. The van der Waals surface area contributed by atoms with E-state index in [0.29, 0.717) is 32.7 Å². The zero-order chi connectivity index (χ0) is 12.5. The lowest BCUT2D eigenvalue weighted by Gasteiger charge is -2.30. The van der Waals surface area contributed by atoms with E-state index in [9.17, 15) is 4.79 Å². The van der Waals surface area contributed by atoms with Crippen LogP contribution >= 0.6 is 0 Å². The molecular weight excluding hydrogens is 221 g/mol. The second-order valence-electron chi connectivity index (χ2n) is 4.29. The van der Waals surface area contributed by atoms with Gasteiger partial charge in [0.15, 0.2) is 0 Å². The number of fused-ring (bicyclic) bond motifs is 1. The summed E-state index contributed by atoms with van der Waals surface area (Å²) in [4.78, 5) is 11.1. The van der Waals surface area contributed by atoms with Crippen molar-refractivity contribution in [3.63, 3.8) is 0 Å². The van der Waals surface area contributed by atoms with Crippen molar-refractivity contribution in [3.05, 3.63) is 29.3 Å². The van der Waals surface area contributed by atoms with Crippen LogP contribution in [0.4, 0.5) is 0 Å². The number of rotatable bonds is 3. The molecule has 1 unspecified atom stereocenters. The third-order valence-corrected chi connectivity index (χ3v) is 3.14. The van der Waals surface area contributed by atoms with Crippen LogP contribution in [0.5, 0.6) is 5.75 Å². The molecule has 1 aromatic rings. The summed E-state index contributed by atoms with van der Waals surface area (Å²) in [6, 6.07) is 5.26. The van der Waals surface area contributed by atoms with Gasteiger partial charge in [-0.25, -0.2) is 0 Å². The molecule has 0 heterocycles. The Bertz CT molecular complexity index is 451. The summed E-state index contributed by atoms with van der Waals surface area (Å²) >= 11 is 0. The van der Waals surface area contributed by atoms with Gasteiger partial charge in [-0.1, -0.05) is 6.07 Å². The summed E-state index contributed by atoms with van der Waals surface area (Å²) in [5.74, 6) is -0.432. The van der Waals surface area contributed by atoms with E-state index >= 15 is 0 Å². The molecule has 1 atom stereocenters. The van der Waals surface area contributed by atoms with E-state index in [2.05, 4.69) is 0 Å².